The van der Waals surface area contributed by atoms with Crippen molar-refractivity contribution in [1.82, 2.24) is 4.90 Å². The third kappa shape index (κ3) is 4.72. The first-order chi connectivity index (χ1) is 8.58. The first kappa shape index (κ1) is 16.4. The highest BCUT2D eigenvalue weighted by molar-refractivity contribution is 7.91. The largest absolute Gasteiger partial charge is 0.379 e. The van der Waals surface area contributed by atoms with Crippen molar-refractivity contribution in [1.29, 1.82) is 0 Å². The Hall–Kier alpha value is -0.690. The second-order valence-electron chi connectivity index (χ2n) is 4.23. The first-order valence-corrected chi connectivity index (χ1v) is 7.51. The fourth-order valence-corrected chi connectivity index (χ4v) is 3.12. The highest BCUT2D eigenvalue weighted by Gasteiger charge is 2.17. The molecule has 0 spiro atoms. The molecule has 0 atom stereocenters. The minimum absolute atomic E-state index is 0. The molecule has 2 rings (SSSR count). The third-order valence-electron chi connectivity index (χ3n) is 2.95. The molecule has 0 aliphatic carbocycles. The van der Waals surface area contributed by atoms with E-state index < -0.39 is 15.7 Å². The van der Waals surface area contributed by atoms with Gasteiger partial charge >= 0.3 is 0 Å². The van der Waals surface area contributed by atoms with Crippen LogP contribution in [0.3, 0.4) is 0 Å². The highest BCUT2D eigenvalue weighted by Crippen LogP contribution is 2.12. The van der Waals surface area contributed by atoms with Crippen LogP contribution in [0.5, 0.6) is 0 Å². The summed E-state index contributed by atoms with van der Waals surface area (Å²) in [7, 11) is -3.33. The van der Waals surface area contributed by atoms with Crippen LogP contribution >= 0.6 is 12.4 Å². The van der Waals surface area contributed by atoms with Gasteiger partial charge < -0.3 is 4.74 Å². The van der Waals surface area contributed by atoms with Gasteiger partial charge in [-0.1, -0.05) is 0 Å². The van der Waals surface area contributed by atoms with Gasteiger partial charge in [0, 0.05) is 19.6 Å². The Morgan fingerprint density at radius 2 is 1.74 bits per heavy atom. The molecule has 0 amide bonds. The van der Waals surface area contributed by atoms with Gasteiger partial charge in [0.05, 0.1) is 23.9 Å². The summed E-state index contributed by atoms with van der Waals surface area (Å²) in [5.41, 5.74) is 0. The molecule has 4 nitrogen and oxygen atoms in total. The van der Waals surface area contributed by atoms with E-state index in [9.17, 15) is 12.8 Å². The van der Waals surface area contributed by atoms with Crippen molar-refractivity contribution in [2.45, 2.75) is 4.90 Å². The third-order valence-corrected chi connectivity index (χ3v) is 4.66. The summed E-state index contributed by atoms with van der Waals surface area (Å²) in [6.07, 6.45) is 0. The van der Waals surface area contributed by atoms with Crippen molar-refractivity contribution < 1.29 is 17.5 Å². The Labute approximate surface area is 118 Å². The lowest BCUT2D eigenvalue weighted by molar-refractivity contribution is 0.0408. The molecule has 0 saturated carbocycles. The normalized spacial score (nSPS) is 16.9. The summed E-state index contributed by atoms with van der Waals surface area (Å²) in [4.78, 5) is 2.24. The summed E-state index contributed by atoms with van der Waals surface area (Å²) >= 11 is 0. The summed E-state index contributed by atoms with van der Waals surface area (Å²) in [5, 5.41) is 0. The van der Waals surface area contributed by atoms with E-state index in [1.807, 2.05) is 0 Å². The number of sulfone groups is 1. The van der Waals surface area contributed by atoms with Crippen molar-refractivity contribution in [3.8, 4) is 0 Å². The van der Waals surface area contributed by atoms with E-state index in [1.54, 1.807) is 0 Å². The quantitative estimate of drug-likeness (QED) is 0.788. The number of hydrogen-bond acceptors (Lipinski definition) is 4. The number of ether oxygens (including phenoxy) is 1. The van der Waals surface area contributed by atoms with Crippen LogP contribution in [0.2, 0.25) is 0 Å². The van der Waals surface area contributed by atoms with Gasteiger partial charge in [0.25, 0.3) is 0 Å². The zero-order chi connectivity index (χ0) is 13.0. The lowest BCUT2D eigenvalue weighted by Crippen LogP contribution is -2.39. The molecule has 19 heavy (non-hydrogen) atoms. The van der Waals surface area contributed by atoms with Crippen molar-refractivity contribution in [2.75, 3.05) is 38.6 Å². The number of morpholine rings is 1. The van der Waals surface area contributed by atoms with Crippen LogP contribution in [0, 0.1) is 5.82 Å². The second-order valence-corrected chi connectivity index (χ2v) is 6.34. The molecule has 0 unspecified atom stereocenters. The predicted octanol–water partition coefficient (Wildman–Crippen LogP) is 1.35. The molecule has 1 aliphatic rings. The predicted molar refractivity (Wildman–Crippen MR) is 73.0 cm³/mol. The van der Waals surface area contributed by atoms with Crippen LogP contribution in [-0.4, -0.2) is 51.9 Å². The molecule has 1 fully saturated rings. The van der Waals surface area contributed by atoms with Gasteiger partial charge in [-0.05, 0) is 24.3 Å². The van der Waals surface area contributed by atoms with E-state index in [1.165, 1.54) is 24.3 Å². The summed E-state index contributed by atoms with van der Waals surface area (Å²) in [5.74, 6) is -0.374. The zero-order valence-corrected chi connectivity index (χ0v) is 12.1. The van der Waals surface area contributed by atoms with E-state index in [4.69, 9.17) is 4.74 Å². The molecular formula is C12H17ClFNO3S. The highest BCUT2D eigenvalue weighted by atomic mass is 35.5. The first-order valence-electron chi connectivity index (χ1n) is 5.86. The number of benzene rings is 1. The Morgan fingerprint density at radius 1 is 1.16 bits per heavy atom. The minimum Gasteiger partial charge on any atom is -0.379 e. The van der Waals surface area contributed by atoms with E-state index in [2.05, 4.69) is 4.90 Å². The molecule has 0 N–H and O–H groups in total. The maximum Gasteiger partial charge on any atom is 0.179 e. The monoisotopic (exact) mass is 309 g/mol. The van der Waals surface area contributed by atoms with Crippen LogP contribution in [0.1, 0.15) is 0 Å². The molecule has 1 heterocycles. The molecule has 1 aliphatic heterocycles. The van der Waals surface area contributed by atoms with Gasteiger partial charge in [0.15, 0.2) is 9.84 Å². The van der Waals surface area contributed by atoms with Crippen molar-refractivity contribution in [2.24, 2.45) is 0 Å². The van der Waals surface area contributed by atoms with Crippen LogP contribution in [0.15, 0.2) is 29.2 Å². The van der Waals surface area contributed by atoms with Gasteiger partial charge in [-0.15, -0.1) is 12.4 Å². The van der Waals surface area contributed by atoms with E-state index in [-0.39, 0.29) is 23.1 Å². The Kier molecular flexibility index (Phi) is 6.19. The Balaban J connectivity index is 0.00000180. The molecule has 1 saturated heterocycles. The average Bonchev–Trinajstić information content (AvgIpc) is 2.38. The van der Waals surface area contributed by atoms with Crippen molar-refractivity contribution in [3.05, 3.63) is 30.1 Å². The van der Waals surface area contributed by atoms with Gasteiger partial charge in [-0.2, -0.15) is 0 Å². The molecule has 1 aromatic rings. The number of hydrogen-bond donors (Lipinski definition) is 0. The summed E-state index contributed by atoms with van der Waals surface area (Å²) < 4.78 is 41.9. The second kappa shape index (κ2) is 7.19. The molecule has 1 aromatic carbocycles. The van der Waals surface area contributed by atoms with Crippen molar-refractivity contribution >= 4 is 22.2 Å². The minimum atomic E-state index is -3.33. The summed E-state index contributed by atoms with van der Waals surface area (Å²) in [6, 6.07) is 4.96. The topological polar surface area (TPSA) is 46.6 Å². The summed E-state index contributed by atoms with van der Waals surface area (Å²) in [6.45, 7) is 3.31. The van der Waals surface area contributed by atoms with Crippen LogP contribution in [-0.2, 0) is 14.6 Å². The van der Waals surface area contributed by atoms with Crippen LogP contribution < -0.4 is 0 Å². The lowest BCUT2D eigenvalue weighted by Gasteiger charge is -2.26. The van der Waals surface area contributed by atoms with E-state index in [0.29, 0.717) is 19.8 Å². The van der Waals surface area contributed by atoms with Crippen LogP contribution in [0.4, 0.5) is 4.39 Å². The van der Waals surface area contributed by atoms with Gasteiger partial charge in [0.1, 0.15) is 5.82 Å². The molecule has 0 radical (unpaired) electrons. The molecule has 7 heteroatoms. The number of rotatable bonds is 4. The van der Waals surface area contributed by atoms with Crippen molar-refractivity contribution in [3.63, 3.8) is 0 Å². The number of halogens is 2. The lowest BCUT2D eigenvalue weighted by atomic mass is 10.4. The SMILES string of the molecule is Cl.O=S(=O)(CCN1CCOCC1)c1ccc(F)cc1. The van der Waals surface area contributed by atoms with Gasteiger partial charge in [0.2, 0.25) is 0 Å². The zero-order valence-electron chi connectivity index (χ0n) is 10.4. The van der Waals surface area contributed by atoms with Gasteiger partial charge in [-0.3, -0.25) is 4.90 Å². The Bertz CT molecular complexity index is 486. The maximum atomic E-state index is 12.7. The molecule has 0 aromatic heterocycles. The van der Waals surface area contributed by atoms with E-state index in [0.717, 1.165) is 13.1 Å². The number of nitrogens with zero attached hydrogens (tertiary/aromatic N) is 1. The van der Waals surface area contributed by atoms with E-state index >= 15 is 0 Å². The van der Waals surface area contributed by atoms with Crippen LogP contribution in [0.25, 0.3) is 0 Å². The smallest absolute Gasteiger partial charge is 0.179 e. The maximum absolute atomic E-state index is 12.7. The Morgan fingerprint density at radius 3 is 2.32 bits per heavy atom. The fourth-order valence-electron chi connectivity index (χ4n) is 1.83. The average molecular weight is 310 g/mol. The standard InChI is InChI=1S/C12H16FNO3S.ClH/c13-11-1-3-12(4-2-11)18(15,16)10-7-14-5-8-17-9-6-14;/h1-4H,5-10H2;1H. The molecular weight excluding hydrogens is 293 g/mol. The van der Waals surface area contributed by atoms with Gasteiger partial charge in [-0.25, -0.2) is 12.8 Å². The molecule has 0 bridgehead atoms. The fraction of sp³-hybridized carbons (Fsp3) is 0.500. The molecule has 108 valence electrons.